The van der Waals surface area contributed by atoms with Gasteiger partial charge in [-0.25, -0.2) is 18.7 Å². The van der Waals surface area contributed by atoms with Crippen LogP contribution in [0.25, 0.3) is 16.9 Å². The molecule has 0 spiro atoms. The van der Waals surface area contributed by atoms with Gasteiger partial charge in [0.2, 0.25) is 0 Å². The van der Waals surface area contributed by atoms with Gasteiger partial charge in [0.1, 0.15) is 18.2 Å². The van der Waals surface area contributed by atoms with Gasteiger partial charge in [0, 0.05) is 23.7 Å². The lowest BCUT2D eigenvalue weighted by molar-refractivity contribution is -0.0477. The Morgan fingerprint density at radius 3 is 3.10 bits per heavy atom. The predicted molar refractivity (Wildman–Crippen MR) is 99.9 cm³/mol. The Morgan fingerprint density at radius 2 is 2.28 bits per heavy atom. The van der Waals surface area contributed by atoms with Gasteiger partial charge in [0.15, 0.2) is 11.9 Å². The molecule has 0 radical (unpaired) electrons. The van der Waals surface area contributed by atoms with E-state index in [4.69, 9.17) is 14.8 Å². The van der Waals surface area contributed by atoms with Crippen molar-refractivity contribution in [1.29, 1.82) is 5.26 Å². The zero-order chi connectivity index (χ0) is 20.2. The van der Waals surface area contributed by atoms with Gasteiger partial charge in [-0.3, -0.25) is 10.2 Å². The summed E-state index contributed by atoms with van der Waals surface area (Å²) < 4.78 is 20.9. The molecule has 10 heteroatoms. The standard InChI is InChI=1S/C19H17FN6O3/c20-15-7-12(4-5-13(15)10-21)16-8-14(9-17-22-11-23-26(16)17)24-19(27)29-18-3-1-2-6-28-25-18/h4-5,7-9,11,18,25H,1-3,6H2,(H,24,27). The third-order valence-electron chi connectivity index (χ3n) is 4.44. The van der Waals surface area contributed by atoms with E-state index >= 15 is 0 Å². The number of anilines is 1. The molecule has 0 aliphatic carbocycles. The van der Waals surface area contributed by atoms with E-state index in [-0.39, 0.29) is 5.56 Å². The van der Waals surface area contributed by atoms with Crippen LogP contribution >= 0.6 is 0 Å². The summed E-state index contributed by atoms with van der Waals surface area (Å²) in [6.07, 6.45) is 2.57. The number of carbonyl (C=O) groups is 1. The van der Waals surface area contributed by atoms with E-state index < -0.39 is 18.1 Å². The molecule has 1 aliphatic heterocycles. The molecule has 1 saturated heterocycles. The minimum absolute atomic E-state index is 0.0560. The van der Waals surface area contributed by atoms with E-state index in [1.807, 2.05) is 0 Å². The summed E-state index contributed by atoms with van der Waals surface area (Å²) in [5.41, 5.74) is 4.48. The molecule has 3 heterocycles. The van der Waals surface area contributed by atoms with E-state index in [9.17, 15) is 9.18 Å². The fraction of sp³-hybridized carbons (Fsp3) is 0.263. The van der Waals surface area contributed by atoms with Crippen molar-refractivity contribution in [3.63, 3.8) is 0 Å². The summed E-state index contributed by atoms with van der Waals surface area (Å²) in [7, 11) is 0. The molecule has 1 atom stereocenters. The quantitative estimate of drug-likeness (QED) is 0.700. The van der Waals surface area contributed by atoms with E-state index in [2.05, 4.69) is 20.9 Å². The van der Waals surface area contributed by atoms with Crippen LogP contribution in [0.5, 0.6) is 0 Å². The van der Waals surface area contributed by atoms with Crippen LogP contribution in [0.15, 0.2) is 36.7 Å². The molecule has 1 fully saturated rings. The first-order chi connectivity index (χ1) is 14.1. The highest BCUT2D eigenvalue weighted by atomic mass is 19.1. The second-order valence-corrected chi connectivity index (χ2v) is 6.45. The zero-order valence-corrected chi connectivity index (χ0v) is 15.3. The lowest BCUT2D eigenvalue weighted by atomic mass is 10.1. The zero-order valence-electron chi connectivity index (χ0n) is 15.3. The van der Waals surface area contributed by atoms with Crippen LogP contribution in [0, 0.1) is 17.1 Å². The average molecular weight is 396 g/mol. The number of halogens is 1. The Balaban J connectivity index is 1.60. The van der Waals surface area contributed by atoms with Gasteiger partial charge in [-0.1, -0.05) is 6.07 Å². The van der Waals surface area contributed by atoms with E-state index in [0.717, 1.165) is 12.8 Å². The first-order valence-electron chi connectivity index (χ1n) is 9.03. The Kier molecular flexibility index (Phi) is 5.33. The molecule has 1 aliphatic rings. The van der Waals surface area contributed by atoms with Gasteiger partial charge in [-0.15, -0.1) is 0 Å². The minimum Gasteiger partial charge on any atom is -0.428 e. The maximum Gasteiger partial charge on any atom is 0.413 e. The number of amides is 1. The van der Waals surface area contributed by atoms with Gasteiger partial charge >= 0.3 is 6.09 Å². The number of aromatic nitrogens is 3. The molecular weight excluding hydrogens is 379 g/mol. The molecule has 2 aromatic heterocycles. The number of hydrogen-bond donors (Lipinski definition) is 2. The summed E-state index contributed by atoms with van der Waals surface area (Å²) >= 11 is 0. The first kappa shape index (κ1) is 18.8. The van der Waals surface area contributed by atoms with Crippen molar-refractivity contribution in [2.75, 3.05) is 11.9 Å². The topological polar surface area (TPSA) is 114 Å². The fourth-order valence-corrected chi connectivity index (χ4v) is 3.04. The number of carbonyl (C=O) groups excluding carboxylic acids is 1. The summed E-state index contributed by atoms with van der Waals surface area (Å²) in [6, 6.07) is 9.27. The van der Waals surface area contributed by atoms with Gasteiger partial charge in [-0.05, 0) is 31.0 Å². The Morgan fingerprint density at radius 1 is 1.38 bits per heavy atom. The van der Waals surface area contributed by atoms with Gasteiger partial charge in [0.25, 0.3) is 0 Å². The molecule has 3 aromatic rings. The van der Waals surface area contributed by atoms with Gasteiger partial charge < -0.3 is 4.74 Å². The first-order valence-corrected chi connectivity index (χ1v) is 9.03. The number of ether oxygens (including phenoxy) is 1. The van der Waals surface area contributed by atoms with Crippen molar-refractivity contribution >= 4 is 17.4 Å². The largest absolute Gasteiger partial charge is 0.428 e. The second kappa shape index (κ2) is 8.22. The van der Waals surface area contributed by atoms with Crippen molar-refractivity contribution in [3.05, 3.63) is 48.0 Å². The minimum atomic E-state index is -0.658. The molecule has 1 amide bonds. The van der Waals surface area contributed by atoms with Crippen LogP contribution in [-0.4, -0.2) is 33.5 Å². The van der Waals surface area contributed by atoms with Crippen molar-refractivity contribution in [2.45, 2.75) is 25.5 Å². The van der Waals surface area contributed by atoms with Crippen LogP contribution in [0.1, 0.15) is 24.8 Å². The molecule has 0 bridgehead atoms. The number of pyridine rings is 1. The molecule has 29 heavy (non-hydrogen) atoms. The number of rotatable bonds is 3. The molecule has 1 aromatic carbocycles. The highest BCUT2D eigenvalue weighted by molar-refractivity contribution is 5.87. The van der Waals surface area contributed by atoms with Crippen LogP contribution < -0.4 is 10.8 Å². The molecule has 9 nitrogen and oxygen atoms in total. The summed E-state index contributed by atoms with van der Waals surface area (Å²) in [4.78, 5) is 21.6. The maximum absolute atomic E-state index is 14.1. The number of nitriles is 1. The van der Waals surface area contributed by atoms with Gasteiger partial charge in [0.05, 0.1) is 17.9 Å². The van der Waals surface area contributed by atoms with Crippen LogP contribution in [-0.2, 0) is 9.57 Å². The van der Waals surface area contributed by atoms with Crippen molar-refractivity contribution in [3.8, 4) is 17.3 Å². The second-order valence-electron chi connectivity index (χ2n) is 6.45. The molecule has 4 rings (SSSR count). The number of nitrogens with one attached hydrogen (secondary N) is 2. The third-order valence-corrected chi connectivity index (χ3v) is 4.44. The number of hydroxylamine groups is 1. The Hall–Kier alpha value is -3.55. The fourth-order valence-electron chi connectivity index (χ4n) is 3.04. The van der Waals surface area contributed by atoms with Crippen LogP contribution in [0.4, 0.5) is 14.9 Å². The molecular formula is C19H17FN6O3. The highest BCUT2D eigenvalue weighted by Gasteiger charge is 2.18. The van der Waals surface area contributed by atoms with E-state index in [1.165, 1.54) is 23.0 Å². The van der Waals surface area contributed by atoms with Crippen molar-refractivity contribution < 1.29 is 18.8 Å². The summed E-state index contributed by atoms with van der Waals surface area (Å²) in [6.45, 7) is 0.565. The summed E-state index contributed by atoms with van der Waals surface area (Å²) in [5, 5.41) is 15.7. The summed E-state index contributed by atoms with van der Waals surface area (Å²) in [5.74, 6) is -0.643. The predicted octanol–water partition coefficient (Wildman–Crippen LogP) is 2.99. The Bertz CT molecular complexity index is 1090. The Labute approximate surface area is 165 Å². The maximum atomic E-state index is 14.1. The monoisotopic (exact) mass is 396 g/mol. The lowest BCUT2D eigenvalue weighted by Gasteiger charge is -2.16. The van der Waals surface area contributed by atoms with Crippen LogP contribution in [0.3, 0.4) is 0 Å². The molecule has 0 saturated carbocycles. The van der Waals surface area contributed by atoms with E-state index in [0.29, 0.717) is 35.6 Å². The normalized spacial score (nSPS) is 16.8. The van der Waals surface area contributed by atoms with Crippen LogP contribution in [0.2, 0.25) is 0 Å². The van der Waals surface area contributed by atoms with Gasteiger partial charge in [-0.2, -0.15) is 15.8 Å². The lowest BCUT2D eigenvalue weighted by Crippen LogP contribution is -2.34. The smallest absolute Gasteiger partial charge is 0.413 e. The average Bonchev–Trinajstić information content (AvgIpc) is 3.03. The number of fused-ring (bicyclic) bond motifs is 1. The van der Waals surface area contributed by atoms with Crippen molar-refractivity contribution in [1.82, 2.24) is 20.1 Å². The number of nitrogens with zero attached hydrogens (tertiary/aromatic N) is 4. The molecule has 2 N–H and O–H groups in total. The number of hydrogen-bond acceptors (Lipinski definition) is 7. The van der Waals surface area contributed by atoms with E-state index in [1.54, 1.807) is 24.3 Å². The molecule has 1 unspecified atom stereocenters. The molecule has 148 valence electrons. The SMILES string of the molecule is N#Cc1ccc(-c2cc(NC(=O)OC3CCCCON3)cc3ncnn23)cc1F. The third kappa shape index (κ3) is 4.16. The highest BCUT2D eigenvalue weighted by Crippen LogP contribution is 2.26. The number of benzene rings is 1. The van der Waals surface area contributed by atoms with Crippen molar-refractivity contribution in [2.24, 2.45) is 0 Å².